The molecule has 0 spiro atoms. The molecule has 106 valence electrons. The highest BCUT2D eigenvalue weighted by Gasteiger charge is 1.97. The maximum atomic E-state index is 5.16. The molecule has 3 heteroatoms. The lowest BCUT2D eigenvalue weighted by Gasteiger charge is -2.07. The third kappa shape index (κ3) is 4.67. The van der Waals surface area contributed by atoms with E-state index in [4.69, 9.17) is 4.74 Å². The van der Waals surface area contributed by atoms with Gasteiger partial charge in [0.2, 0.25) is 0 Å². The molecule has 0 aliphatic carbocycles. The Morgan fingerprint density at radius 2 is 1.65 bits per heavy atom. The first-order valence-electron chi connectivity index (χ1n) is 6.72. The number of ether oxygens (including phenoxy) is 1. The Bertz CT molecular complexity index is 525. The summed E-state index contributed by atoms with van der Waals surface area (Å²) in [7, 11) is 1.73. The predicted molar refractivity (Wildman–Crippen MR) is 85.9 cm³/mol. The van der Waals surface area contributed by atoms with Gasteiger partial charge in [-0.1, -0.05) is 36.4 Å². The molecule has 1 N–H and O–H groups in total. The highest BCUT2D eigenvalue weighted by molar-refractivity contribution is 7.98. The summed E-state index contributed by atoms with van der Waals surface area (Å²) in [6, 6.07) is 17.2. The molecule has 0 radical (unpaired) electrons. The minimum absolute atomic E-state index is 0.671. The molecule has 2 aromatic carbocycles. The number of hydrogen-bond donors (Lipinski definition) is 1. The summed E-state index contributed by atoms with van der Waals surface area (Å²) in [6.45, 7) is 2.44. The zero-order valence-corrected chi connectivity index (χ0v) is 12.9. The average molecular weight is 287 g/mol. The van der Waals surface area contributed by atoms with Gasteiger partial charge in [-0.2, -0.15) is 0 Å². The van der Waals surface area contributed by atoms with Crippen molar-refractivity contribution in [1.29, 1.82) is 0 Å². The van der Waals surface area contributed by atoms with Crippen LogP contribution in [0.3, 0.4) is 0 Å². The zero-order chi connectivity index (χ0) is 14.2. The molecular formula is C17H21NOS. The fourth-order valence-electron chi connectivity index (χ4n) is 2.09. The van der Waals surface area contributed by atoms with Gasteiger partial charge in [-0.3, -0.25) is 0 Å². The summed E-state index contributed by atoms with van der Waals surface area (Å²) in [6.07, 6.45) is 2.10. The van der Waals surface area contributed by atoms with Crippen LogP contribution in [-0.2, 0) is 24.4 Å². The topological polar surface area (TPSA) is 21.3 Å². The van der Waals surface area contributed by atoms with Gasteiger partial charge in [0.05, 0.1) is 6.61 Å². The van der Waals surface area contributed by atoms with Crippen LogP contribution in [0.2, 0.25) is 0 Å². The van der Waals surface area contributed by atoms with Crippen LogP contribution in [-0.4, -0.2) is 13.4 Å². The van der Waals surface area contributed by atoms with E-state index >= 15 is 0 Å². The van der Waals surface area contributed by atoms with Crippen molar-refractivity contribution in [2.75, 3.05) is 13.4 Å². The summed E-state index contributed by atoms with van der Waals surface area (Å²) in [4.78, 5) is 1.31. The molecule has 0 bridgehead atoms. The van der Waals surface area contributed by atoms with Gasteiger partial charge in [-0.05, 0) is 35.1 Å². The molecule has 0 aliphatic heterocycles. The Morgan fingerprint density at radius 3 is 2.35 bits per heavy atom. The molecule has 0 unspecified atom stereocenters. The highest BCUT2D eigenvalue weighted by atomic mass is 32.2. The second-order valence-electron chi connectivity index (χ2n) is 4.70. The molecule has 2 nitrogen and oxygen atoms in total. The summed E-state index contributed by atoms with van der Waals surface area (Å²) >= 11 is 1.77. The molecule has 0 aliphatic rings. The van der Waals surface area contributed by atoms with Crippen molar-refractivity contribution in [1.82, 2.24) is 5.32 Å². The van der Waals surface area contributed by atoms with Gasteiger partial charge >= 0.3 is 0 Å². The van der Waals surface area contributed by atoms with E-state index in [9.17, 15) is 0 Å². The second kappa shape index (κ2) is 8.10. The van der Waals surface area contributed by atoms with Crippen LogP contribution in [0.5, 0.6) is 0 Å². The Kier molecular flexibility index (Phi) is 6.12. The van der Waals surface area contributed by atoms with Crippen molar-refractivity contribution in [3.8, 4) is 0 Å². The SMILES string of the molecule is COCc1cccc(CNCc2ccc(SC)cc2)c1. The largest absolute Gasteiger partial charge is 0.380 e. The van der Waals surface area contributed by atoms with Crippen LogP contribution in [0.15, 0.2) is 53.4 Å². The van der Waals surface area contributed by atoms with Gasteiger partial charge in [0.25, 0.3) is 0 Å². The van der Waals surface area contributed by atoms with Crippen molar-refractivity contribution < 1.29 is 4.74 Å². The standard InChI is InChI=1S/C17H21NOS/c1-19-13-16-5-3-4-15(10-16)12-18-11-14-6-8-17(20-2)9-7-14/h3-10,18H,11-13H2,1-2H3. The first kappa shape index (κ1) is 15.1. The second-order valence-corrected chi connectivity index (χ2v) is 5.58. The van der Waals surface area contributed by atoms with Gasteiger partial charge in [0.15, 0.2) is 0 Å². The lowest BCUT2D eigenvalue weighted by molar-refractivity contribution is 0.185. The third-order valence-electron chi connectivity index (χ3n) is 3.12. The van der Waals surface area contributed by atoms with Gasteiger partial charge in [0.1, 0.15) is 0 Å². The lowest BCUT2D eigenvalue weighted by atomic mass is 10.1. The minimum Gasteiger partial charge on any atom is -0.380 e. The van der Waals surface area contributed by atoms with Crippen molar-refractivity contribution >= 4 is 11.8 Å². The number of nitrogens with one attached hydrogen (secondary N) is 1. The normalized spacial score (nSPS) is 10.7. The number of hydrogen-bond acceptors (Lipinski definition) is 3. The summed E-state index contributed by atoms with van der Waals surface area (Å²) in [5.74, 6) is 0. The van der Waals surface area contributed by atoms with E-state index < -0.39 is 0 Å². The van der Waals surface area contributed by atoms with Crippen molar-refractivity contribution in [3.63, 3.8) is 0 Å². The highest BCUT2D eigenvalue weighted by Crippen LogP contribution is 2.14. The maximum absolute atomic E-state index is 5.16. The number of thioether (sulfide) groups is 1. The van der Waals surface area contributed by atoms with Gasteiger partial charge < -0.3 is 10.1 Å². The molecule has 0 heterocycles. The molecule has 0 atom stereocenters. The first-order chi connectivity index (χ1) is 9.81. The van der Waals surface area contributed by atoms with E-state index in [1.54, 1.807) is 18.9 Å². The molecule has 0 saturated carbocycles. The zero-order valence-electron chi connectivity index (χ0n) is 12.1. The Morgan fingerprint density at radius 1 is 0.950 bits per heavy atom. The summed E-state index contributed by atoms with van der Waals surface area (Å²) in [5.41, 5.74) is 3.83. The summed E-state index contributed by atoms with van der Waals surface area (Å²) in [5, 5.41) is 3.48. The van der Waals surface area contributed by atoms with Crippen molar-refractivity contribution in [3.05, 3.63) is 65.2 Å². The molecule has 0 aromatic heterocycles. The molecule has 2 aromatic rings. The molecule has 20 heavy (non-hydrogen) atoms. The smallest absolute Gasteiger partial charge is 0.0713 e. The maximum Gasteiger partial charge on any atom is 0.0713 e. The molecule has 0 fully saturated rings. The van der Waals surface area contributed by atoms with Gasteiger partial charge in [-0.25, -0.2) is 0 Å². The van der Waals surface area contributed by atoms with Crippen LogP contribution in [0, 0.1) is 0 Å². The number of methoxy groups -OCH3 is 1. The molecule has 0 saturated heterocycles. The monoisotopic (exact) mass is 287 g/mol. The van der Waals surface area contributed by atoms with E-state index in [0.717, 1.165) is 13.1 Å². The predicted octanol–water partition coefficient (Wildman–Crippen LogP) is 3.84. The molecular weight excluding hydrogens is 266 g/mol. The lowest BCUT2D eigenvalue weighted by Crippen LogP contribution is -2.12. The van der Waals surface area contributed by atoms with Crippen LogP contribution < -0.4 is 5.32 Å². The fraction of sp³-hybridized carbons (Fsp3) is 0.294. The van der Waals surface area contributed by atoms with E-state index in [1.165, 1.54) is 21.6 Å². The number of rotatable bonds is 7. The van der Waals surface area contributed by atoms with Crippen LogP contribution >= 0.6 is 11.8 Å². The van der Waals surface area contributed by atoms with E-state index in [1.807, 2.05) is 0 Å². The van der Waals surface area contributed by atoms with E-state index in [-0.39, 0.29) is 0 Å². The van der Waals surface area contributed by atoms with Gasteiger partial charge in [-0.15, -0.1) is 11.8 Å². The number of benzene rings is 2. The van der Waals surface area contributed by atoms with Crippen molar-refractivity contribution in [2.45, 2.75) is 24.6 Å². The first-order valence-corrected chi connectivity index (χ1v) is 7.94. The summed E-state index contributed by atoms with van der Waals surface area (Å²) < 4.78 is 5.16. The average Bonchev–Trinajstić information content (AvgIpc) is 2.49. The van der Waals surface area contributed by atoms with E-state index in [0.29, 0.717) is 6.61 Å². The van der Waals surface area contributed by atoms with Crippen molar-refractivity contribution in [2.24, 2.45) is 0 Å². The molecule has 2 rings (SSSR count). The van der Waals surface area contributed by atoms with Crippen LogP contribution in [0.25, 0.3) is 0 Å². The third-order valence-corrected chi connectivity index (χ3v) is 3.86. The quantitative estimate of drug-likeness (QED) is 0.782. The minimum atomic E-state index is 0.671. The Balaban J connectivity index is 1.84. The van der Waals surface area contributed by atoms with E-state index in [2.05, 4.69) is 60.1 Å². The van der Waals surface area contributed by atoms with Crippen LogP contribution in [0.4, 0.5) is 0 Å². The molecule has 0 amide bonds. The fourth-order valence-corrected chi connectivity index (χ4v) is 2.50. The Hall–Kier alpha value is -1.29. The van der Waals surface area contributed by atoms with Crippen LogP contribution in [0.1, 0.15) is 16.7 Å². The Labute approximate surface area is 125 Å². The van der Waals surface area contributed by atoms with Gasteiger partial charge in [0, 0.05) is 25.1 Å².